The Morgan fingerprint density at radius 1 is 1.47 bits per heavy atom. The first-order valence-corrected chi connectivity index (χ1v) is 5.62. The van der Waals surface area contributed by atoms with E-state index in [0.717, 1.165) is 0 Å². The summed E-state index contributed by atoms with van der Waals surface area (Å²) in [5.41, 5.74) is 4.99. The van der Waals surface area contributed by atoms with Gasteiger partial charge in [-0.2, -0.15) is 4.98 Å². The van der Waals surface area contributed by atoms with E-state index < -0.39 is 18.1 Å². The number of hydrogen-bond acceptors (Lipinski definition) is 6. The summed E-state index contributed by atoms with van der Waals surface area (Å²) in [6.07, 6.45) is -2.15. The van der Waals surface area contributed by atoms with Gasteiger partial charge in [-0.05, 0) is 22.4 Å². The third kappa shape index (κ3) is 3.73. The van der Waals surface area contributed by atoms with E-state index in [-0.39, 0.29) is 30.1 Å². The molecule has 0 saturated carbocycles. The lowest BCUT2D eigenvalue weighted by atomic mass is 10.1. The first kappa shape index (κ1) is 14.0. The molecular formula is C8H13BrN4O4. The second-order valence-electron chi connectivity index (χ2n) is 3.40. The van der Waals surface area contributed by atoms with Crippen molar-refractivity contribution in [3.63, 3.8) is 0 Å². The molecule has 1 heterocycles. The number of aliphatic hydroxyl groups excluding tert-OH is 3. The maximum absolute atomic E-state index is 10.8. The Bertz CT molecular complexity index is 397. The van der Waals surface area contributed by atoms with Crippen LogP contribution in [0.4, 0.5) is 0 Å². The molecule has 1 rings (SSSR count). The molecule has 17 heavy (non-hydrogen) atoms. The van der Waals surface area contributed by atoms with Crippen LogP contribution >= 0.6 is 15.9 Å². The molecule has 2 unspecified atom stereocenters. The van der Waals surface area contributed by atoms with Crippen LogP contribution < -0.4 is 5.73 Å². The average Bonchev–Trinajstić information content (AvgIpc) is 2.61. The van der Waals surface area contributed by atoms with Gasteiger partial charge in [0.05, 0.1) is 18.8 Å². The molecule has 1 aromatic heterocycles. The Labute approximate surface area is 105 Å². The van der Waals surface area contributed by atoms with Gasteiger partial charge in [0, 0.05) is 6.61 Å². The van der Waals surface area contributed by atoms with Gasteiger partial charge in [-0.3, -0.25) is 4.79 Å². The number of nitrogens with two attached hydrogens (primary N) is 1. The van der Waals surface area contributed by atoms with E-state index in [4.69, 9.17) is 10.8 Å². The lowest BCUT2D eigenvalue weighted by molar-refractivity contribution is -0.00566. The highest BCUT2D eigenvalue weighted by molar-refractivity contribution is 9.10. The van der Waals surface area contributed by atoms with Crippen LogP contribution in [0, 0.1) is 0 Å². The lowest BCUT2D eigenvalue weighted by Crippen LogP contribution is -2.31. The zero-order valence-electron chi connectivity index (χ0n) is 8.82. The van der Waals surface area contributed by atoms with Gasteiger partial charge >= 0.3 is 0 Å². The van der Waals surface area contributed by atoms with Gasteiger partial charge in [-0.1, -0.05) is 0 Å². The van der Waals surface area contributed by atoms with E-state index in [0.29, 0.717) is 0 Å². The van der Waals surface area contributed by atoms with Crippen LogP contribution in [0.5, 0.6) is 0 Å². The smallest absolute Gasteiger partial charge is 0.288 e. The Hall–Kier alpha value is -1.03. The number of halogens is 1. The standard InChI is InChI=1S/C8H13BrN4O4/c9-8-11-7(6(10)17)12-13(8)3-5(16)4(15)1-2-14/h4-5,14-16H,1-3H2,(H2,10,17). The van der Waals surface area contributed by atoms with E-state index in [2.05, 4.69) is 26.0 Å². The van der Waals surface area contributed by atoms with Crippen LogP contribution in [0.25, 0.3) is 0 Å². The van der Waals surface area contributed by atoms with Gasteiger partial charge in [0.25, 0.3) is 5.91 Å². The fourth-order valence-electron chi connectivity index (χ4n) is 1.17. The van der Waals surface area contributed by atoms with Crippen molar-refractivity contribution >= 4 is 21.8 Å². The molecule has 96 valence electrons. The summed E-state index contributed by atoms with van der Waals surface area (Å²) < 4.78 is 1.42. The molecule has 0 aromatic carbocycles. The summed E-state index contributed by atoms with van der Waals surface area (Å²) >= 11 is 3.04. The third-order valence-corrected chi connectivity index (χ3v) is 2.66. The van der Waals surface area contributed by atoms with E-state index in [1.54, 1.807) is 0 Å². The van der Waals surface area contributed by atoms with Crippen molar-refractivity contribution in [2.24, 2.45) is 5.73 Å². The second kappa shape index (κ2) is 6.05. The number of rotatable bonds is 6. The molecule has 0 fully saturated rings. The lowest BCUT2D eigenvalue weighted by Gasteiger charge is -2.16. The van der Waals surface area contributed by atoms with Crippen molar-refractivity contribution in [3.8, 4) is 0 Å². The summed E-state index contributed by atoms with van der Waals surface area (Å²) in [6.45, 7) is -0.300. The van der Waals surface area contributed by atoms with Crippen LogP contribution in [0.15, 0.2) is 4.73 Å². The monoisotopic (exact) mass is 308 g/mol. The number of aromatic nitrogens is 3. The summed E-state index contributed by atoms with van der Waals surface area (Å²) in [4.78, 5) is 14.5. The zero-order valence-corrected chi connectivity index (χ0v) is 10.4. The molecule has 8 nitrogen and oxygen atoms in total. The van der Waals surface area contributed by atoms with Gasteiger partial charge in [-0.25, -0.2) is 4.68 Å². The van der Waals surface area contributed by atoms with E-state index in [1.807, 2.05) is 0 Å². The van der Waals surface area contributed by atoms with Crippen molar-refractivity contribution in [2.75, 3.05) is 6.61 Å². The maximum atomic E-state index is 10.8. The number of carbonyl (C=O) groups excluding carboxylic acids is 1. The van der Waals surface area contributed by atoms with E-state index in [1.165, 1.54) is 4.68 Å². The minimum absolute atomic E-state index is 0.0517. The molecule has 0 bridgehead atoms. The number of nitrogens with zero attached hydrogens (tertiary/aromatic N) is 3. The Morgan fingerprint density at radius 3 is 2.59 bits per heavy atom. The molecule has 2 atom stereocenters. The van der Waals surface area contributed by atoms with Crippen molar-refractivity contribution in [3.05, 3.63) is 10.6 Å². The van der Waals surface area contributed by atoms with Gasteiger partial charge in [0.1, 0.15) is 0 Å². The molecule has 0 aliphatic carbocycles. The highest BCUT2D eigenvalue weighted by atomic mass is 79.9. The maximum Gasteiger partial charge on any atom is 0.288 e. The van der Waals surface area contributed by atoms with Crippen molar-refractivity contribution in [2.45, 2.75) is 25.2 Å². The van der Waals surface area contributed by atoms with Crippen molar-refractivity contribution < 1.29 is 20.1 Å². The molecule has 1 aromatic rings. The third-order valence-electron chi connectivity index (χ3n) is 2.08. The minimum Gasteiger partial charge on any atom is -0.396 e. The normalized spacial score (nSPS) is 14.6. The number of aliphatic hydroxyl groups is 3. The number of primary amides is 1. The molecular weight excluding hydrogens is 296 g/mol. The van der Waals surface area contributed by atoms with Crippen molar-refractivity contribution in [1.29, 1.82) is 0 Å². The van der Waals surface area contributed by atoms with Crippen molar-refractivity contribution in [1.82, 2.24) is 14.8 Å². The van der Waals surface area contributed by atoms with Gasteiger partial charge in [-0.15, -0.1) is 5.10 Å². The largest absolute Gasteiger partial charge is 0.396 e. The molecule has 0 radical (unpaired) electrons. The zero-order chi connectivity index (χ0) is 13.0. The molecule has 0 aliphatic rings. The molecule has 0 aliphatic heterocycles. The van der Waals surface area contributed by atoms with Crippen LogP contribution in [-0.2, 0) is 6.54 Å². The summed E-state index contributed by atoms with van der Waals surface area (Å²) in [5, 5.41) is 31.3. The first-order chi connectivity index (χ1) is 7.95. The summed E-state index contributed by atoms with van der Waals surface area (Å²) in [7, 11) is 0. The first-order valence-electron chi connectivity index (χ1n) is 4.82. The number of carbonyl (C=O) groups is 1. The van der Waals surface area contributed by atoms with Gasteiger partial charge in [0.2, 0.25) is 5.82 Å². The average molecular weight is 309 g/mol. The van der Waals surface area contributed by atoms with E-state index >= 15 is 0 Å². The predicted molar refractivity (Wildman–Crippen MR) is 60.0 cm³/mol. The highest BCUT2D eigenvalue weighted by Crippen LogP contribution is 2.09. The summed E-state index contributed by atoms with van der Waals surface area (Å²) in [6, 6.07) is 0. The van der Waals surface area contributed by atoms with Crippen LogP contribution in [0.3, 0.4) is 0 Å². The topological polar surface area (TPSA) is 134 Å². The molecule has 0 saturated heterocycles. The SMILES string of the molecule is NC(=O)c1nc(Br)n(CC(O)C(O)CCO)n1. The highest BCUT2D eigenvalue weighted by Gasteiger charge is 2.19. The minimum atomic E-state index is -1.12. The molecule has 9 heteroatoms. The van der Waals surface area contributed by atoms with Gasteiger partial charge < -0.3 is 21.1 Å². The Balaban J connectivity index is 2.71. The quantitative estimate of drug-likeness (QED) is 0.492. The fourth-order valence-corrected chi connectivity index (χ4v) is 1.56. The van der Waals surface area contributed by atoms with Crippen LogP contribution in [0.2, 0.25) is 0 Å². The molecule has 1 amide bonds. The fraction of sp³-hybridized carbons (Fsp3) is 0.625. The van der Waals surface area contributed by atoms with E-state index in [9.17, 15) is 15.0 Å². The Morgan fingerprint density at radius 2 is 2.12 bits per heavy atom. The number of hydrogen-bond donors (Lipinski definition) is 4. The Kier molecular flexibility index (Phi) is 5.00. The molecule has 0 spiro atoms. The van der Waals surface area contributed by atoms with Gasteiger partial charge in [0.15, 0.2) is 4.73 Å². The predicted octanol–water partition coefficient (Wildman–Crippen LogP) is -1.76. The molecule has 5 N–H and O–H groups in total. The summed E-state index contributed by atoms with van der Waals surface area (Å²) in [5.74, 6) is -0.962. The number of amides is 1. The van der Waals surface area contributed by atoms with Crippen LogP contribution in [0.1, 0.15) is 17.0 Å². The second-order valence-corrected chi connectivity index (χ2v) is 4.11. The van der Waals surface area contributed by atoms with Crippen LogP contribution in [-0.4, -0.2) is 54.8 Å².